The summed E-state index contributed by atoms with van der Waals surface area (Å²) in [4.78, 5) is 12.7. The number of nitrogens with one attached hydrogen (secondary N) is 1. The summed E-state index contributed by atoms with van der Waals surface area (Å²) >= 11 is 7.99. The van der Waals surface area contributed by atoms with Gasteiger partial charge in [-0.25, -0.2) is 4.68 Å². The Morgan fingerprint density at radius 1 is 1.38 bits per heavy atom. The Morgan fingerprint density at radius 2 is 2.29 bits per heavy atom. The maximum Gasteiger partial charge on any atom is 0.256 e. The van der Waals surface area contributed by atoms with Crippen molar-refractivity contribution in [3.63, 3.8) is 0 Å². The van der Waals surface area contributed by atoms with E-state index in [1.807, 2.05) is 17.8 Å². The molecule has 0 aliphatic heterocycles. The van der Waals surface area contributed by atoms with Crippen molar-refractivity contribution in [2.24, 2.45) is 0 Å². The molecule has 112 valence electrons. The van der Waals surface area contributed by atoms with Crippen LogP contribution in [0.25, 0.3) is 5.95 Å². The quantitative estimate of drug-likeness (QED) is 0.912. The predicted molar refractivity (Wildman–Crippen MR) is 85.1 cm³/mol. The zero-order valence-corrected chi connectivity index (χ0v) is 13.3. The van der Waals surface area contributed by atoms with Crippen LogP contribution in [0, 0.1) is 0 Å². The van der Waals surface area contributed by atoms with E-state index in [9.17, 15) is 0 Å². The molecule has 21 heavy (non-hydrogen) atoms. The number of nitrogens with zero attached hydrogens (tertiary/aromatic N) is 5. The molecule has 3 rings (SSSR count). The van der Waals surface area contributed by atoms with Crippen LogP contribution in [0.5, 0.6) is 0 Å². The monoisotopic (exact) mass is 324 g/mol. The van der Waals surface area contributed by atoms with Crippen LogP contribution in [0.15, 0.2) is 18.5 Å². The fraction of sp³-hybridized carbons (Fsp3) is 0.538. The maximum atomic E-state index is 6.00. The van der Waals surface area contributed by atoms with Crippen LogP contribution in [-0.4, -0.2) is 41.8 Å². The van der Waals surface area contributed by atoms with Crippen molar-refractivity contribution in [2.45, 2.75) is 37.5 Å². The Bertz CT molecular complexity index is 590. The molecule has 0 bridgehead atoms. The summed E-state index contributed by atoms with van der Waals surface area (Å²) < 4.78 is 1.58. The largest absolute Gasteiger partial charge is 0.350 e. The van der Waals surface area contributed by atoms with Crippen molar-refractivity contribution in [3.8, 4) is 5.95 Å². The SMILES string of the molecule is CCSC1CCCC1Nc1nc(Cl)nc(-n2cccn2)n1. The molecular weight excluding hydrogens is 308 g/mol. The van der Waals surface area contributed by atoms with Gasteiger partial charge >= 0.3 is 0 Å². The third-order valence-electron chi connectivity index (χ3n) is 3.45. The predicted octanol–water partition coefficient (Wildman–Crippen LogP) is 2.80. The van der Waals surface area contributed by atoms with Gasteiger partial charge in [-0.05, 0) is 36.3 Å². The molecule has 0 saturated heterocycles. The smallest absolute Gasteiger partial charge is 0.256 e. The second-order valence-corrected chi connectivity index (χ2v) is 6.71. The first-order valence-corrected chi connectivity index (χ1v) is 8.48. The van der Waals surface area contributed by atoms with E-state index in [0.717, 1.165) is 12.2 Å². The topological polar surface area (TPSA) is 68.5 Å². The molecule has 0 spiro atoms. The van der Waals surface area contributed by atoms with Crippen LogP contribution >= 0.6 is 23.4 Å². The molecule has 1 aliphatic carbocycles. The number of hydrogen-bond donors (Lipinski definition) is 1. The number of thioether (sulfide) groups is 1. The molecule has 2 heterocycles. The van der Waals surface area contributed by atoms with Crippen molar-refractivity contribution in [2.75, 3.05) is 11.1 Å². The number of hydrogen-bond acceptors (Lipinski definition) is 6. The summed E-state index contributed by atoms with van der Waals surface area (Å²) in [5, 5.41) is 8.32. The lowest BCUT2D eigenvalue weighted by Gasteiger charge is -2.20. The number of anilines is 1. The van der Waals surface area contributed by atoms with E-state index < -0.39 is 0 Å². The zero-order valence-electron chi connectivity index (χ0n) is 11.7. The van der Waals surface area contributed by atoms with Gasteiger partial charge in [0.15, 0.2) is 0 Å². The van der Waals surface area contributed by atoms with Gasteiger partial charge < -0.3 is 5.32 Å². The summed E-state index contributed by atoms with van der Waals surface area (Å²) in [5.74, 6) is 2.08. The fourth-order valence-corrected chi connectivity index (χ4v) is 3.92. The molecule has 0 amide bonds. The van der Waals surface area contributed by atoms with Crippen LogP contribution in [0.4, 0.5) is 5.95 Å². The van der Waals surface area contributed by atoms with E-state index in [2.05, 4.69) is 32.3 Å². The lowest BCUT2D eigenvalue weighted by atomic mass is 10.2. The first-order chi connectivity index (χ1) is 10.3. The highest BCUT2D eigenvalue weighted by atomic mass is 35.5. The van der Waals surface area contributed by atoms with E-state index in [1.165, 1.54) is 12.8 Å². The van der Waals surface area contributed by atoms with E-state index in [1.54, 1.807) is 17.1 Å². The van der Waals surface area contributed by atoms with Gasteiger partial charge in [-0.1, -0.05) is 13.3 Å². The standard InChI is InChI=1S/C13H17ClN6S/c1-2-21-10-6-3-5-9(10)16-12-17-11(14)18-13(19-12)20-8-4-7-15-20/h4,7-10H,2-3,5-6H2,1H3,(H,16,17,18,19). The molecule has 1 saturated carbocycles. The van der Waals surface area contributed by atoms with Gasteiger partial charge in [-0.3, -0.25) is 0 Å². The summed E-state index contributed by atoms with van der Waals surface area (Å²) in [6.45, 7) is 2.19. The molecule has 8 heteroatoms. The molecule has 2 aromatic heterocycles. The molecule has 6 nitrogen and oxygen atoms in total. The van der Waals surface area contributed by atoms with Crippen molar-refractivity contribution in [3.05, 3.63) is 23.7 Å². The molecule has 0 aromatic carbocycles. The minimum Gasteiger partial charge on any atom is -0.350 e. The lowest BCUT2D eigenvalue weighted by Crippen LogP contribution is -2.27. The number of rotatable bonds is 5. The maximum absolute atomic E-state index is 6.00. The molecule has 2 aromatic rings. The third-order valence-corrected chi connectivity index (χ3v) is 4.95. The molecule has 2 unspecified atom stereocenters. The van der Waals surface area contributed by atoms with Gasteiger partial charge in [0.25, 0.3) is 5.95 Å². The van der Waals surface area contributed by atoms with E-state index in [-0.39, 0.29) is 5.28 Å². The highest BCUT2D eigenvalue weighted by Crippen LogP contribution is 2.31. The van der Waals surface area contributed by atoms with Crippen LogP contribution < -0.4 is 5.32 Å². The van der Waals surface area contributed by atoms with Gasteiger partial charge in [0, 0.05) is 23.7 Å². The second-order valence-electron chi connectivity index (χ2n) is 4.85. The highest BCUT2D eigenvalue weighted by Gasteiger charge is 2.27. The Morgan fingerprint density at radius 3 is 3.05 bits per heavy atom. The Hall–Kier alpha value is -1.34. The third kappa shape index (κ3) is 3.47. The summed E-state index contributed by atoms with van der Waals surface area (Å²) in [6, 6.07) is 2.20. The summed E-state index contributed by atoms with van der Waals surface area (Å²) in [7, 11) is 0. The van der Waals surface area contributed by atoms with Gasteiger partial charge in [0.05, 0.1) is 0 Å². The molecule has 1 fully saturated rings. The van der Waals surface area contributed by atoms with Gasteiger partial charge in [-0.15, -0.1) is 0 Å². The minimum atomic E-state index is 0.177. The minimum absolute atomic E-state index is 0.177. The fourth-order valence-electron chi connectivity index (χ4n) is 2.56. The normalized spacial score (nSPS) is 21.6. The summed E-state index contributed by atoms with van der Waals surface area (Å²) in [6.07, 6.45) is 7.07. The Kier molecular flexibility index (Phi) is 4.60. The van der Waals surface area contributed by atoms with Crippen molar-refractivity contribution in [1.29, 1.82) is 0 Å². The second kappa shape index (κ2) is 6.62. The molecule has 1 N–H and O–H groups in total. The highest BCUT2D eigenvalue weighted by molar-refractivity contribution is 7.99. The summed E-state index contributed by atoms with van der Waals surface area (Å²) in [5.41, 5.74) is 0. The van der Waals surface area contributed by atoms with Crippen molar-refractivity contribution < 1.29 is 0 Å². The molecule has 1 aliphatic rings. The Labute approximate surface area is 132 Å². The van der Waals surface area contributed by atoms with E-state index in [4.69, 9.17) is 11.6 Å². The average Bonchev–Trinajstić information content (AvgIpc) is 3.11. The molecular formula is C13H17ClN6S. The van der Waals surface area contributed by atoms with Gasteiger partial charge in [0.2, 0.25) is 11.2 Å². The van der Waals surface area contributed by atoms with Crippen LogP contribution in [0.1, 0.15) is 26.2 Å². The molecule has 2 atom stereocenters. The Balaban J connectivity index is 1.79. The lowest BCUT2D eigenvalue weighted by molar-refractivity contribution is 0.741. The number of halogens is 1. The van der Waals surface area contributed by atoms with Crippen molar-refractivity contribution in [1.82, 2.24) is 24.7 Å². The number of aromatic nitrogens is 5. The van der Waals surface area contributed by atoms with E-state index >= 15 is 0 Å². The molecule has 0 radical (unpaired) electrons. The average molecular weight is 325 g/mol. The zero-order chi connectivity index (χ0) is 14.7. The first kappa shape index (κ1) is 14.6. The van der Waals surface area contributed by atoms with Crippen molar-refractivity contribution >= 4 is 29.3 Å². The van der Waals surface area contributed by atoms with Gasteiger partial charge in [0.1, 0.15) is 0 Å². The van der Waals surface area contributed by atoms with Crippen LogP contribution in [-0.2, 0) is 0 Å². The van der Waals surface area contributed by atoms with E-state index in [0.29, 0.717) is 23.2 Å². The first-order valence-electron chi connectivity index (χ1n) is 7.06. The van der Waals surface area contributed by atoms with Crippen LogP contribution in [0.3, 0.4) is 0 Å². The van der Waals surface area contributed by atoms with Gasteiger partial charge in [-0.2, -0.15) is 31.8 Å². The van der Waals surface area contributed by atoms with Crippen LogP contribution in [0.2, 0.25) is 5.28 Å².